The molecule has 1 saturated carbocycles. The number of allylic oxidation sites excluding steroid dienone is 1. The summed E-state index contributed by atoms with van der Waals surface area (Å²) in [6.45, 7) is 6.34. The normalized spacial score (nSPS) is 22.4. The summed E-state index contributed by atoms with van der Waals surface area (Å²) in [4.78, 5) is 0. The molecule has 0 N–H and O–H groups in total. The highest BCUT2D eigenvalue weighted by molar-refractivity contribution is 5.42. The monoisotopic (exact) mass is 212 g/mol. The summed E-state index contributed by atoms with van der Waals surface area (Å²) in [6, 6.07) is 7.08. The molecule has 0 heterocycles. The molecule has 0 aromatic heterocycles. The van der Waals surface area contributed by atoms with Gasteiger partial charge in [-0.3, -0.25) is 0 Å². The van der Waals surface area contributed by atoms with Crippen LogP contribution in [-0.2, 0) is 11.8 Å². The highest BCUT2D eigenvalue weighted by Crippen LogP contribution is 2.49. The highest BCUT2D eigenvalue weighted by Gasteiger charge is 2.39. The SMILES string of the molecule is C=C1CCC2(CC1)CCc1cc(C)ccc12. The van der Waals surface area contributed by atoms with Crippen molar-refractivity contribution in [2.75, 3.05) is 0 Å². The van der Waals surface area contributed by atoms with Crippen LogP contribution in [0.4, 0.5) is 0 Å². The molecule has 1 aromatic rings. The number of benzene rings is 1. The predicted octanol–water partition coefficient (Wildman–Crippen LogP) is 4.31. The van der Waals surface area contributed by atoms with Crippen LogP contribution < -0.4 is 0 Å². The second-order valence-corrected chi connectivity index (χ2v) is 5.69. The first-order valence-corrected chi connectivity index (χ1v) is 6.46. The van der Waals surface area contributed by atoms with E-state index in [1.807, 2.05) is 0 Å². The van der Waals surface area contributed by atoms with Gasteiger partial charge in [0.25, 0.3) is 0 Å². The zero-order valence-corrected chi connectivity index (χ0v) is 10.2. The number of aryl methyl sites for hydroxylation is 2. The van der Waals surface area contributed by atoms with Crippen LogP contribution in [0.5, 0.6) is 0 Å². The fourth-order valence-corrected chi connectivity index (χ4v) is 3.56. The lowest BCUT2D eigenvalue weighted by Crippen LogP contribution is -2.26. The molecule has 0 atom stereocenters. The van der Waals surface area contributed by atoms with Gasteiger partial charge in [-0.1, -0.05) is 35.9 Å². The highest BCUT2D eigenvalue weighted by atomic mass is 14.4. The molecule has 1 aromatic carbocycles. The molecule has 2 aliphatic carbocycles. The zero-order chi connectivity index (χ0) is 11.2. The standard InChI is InChI=1S/C16H20/c1-12-5-8-16(9-6-12)10-7-14-11-13(2)3-4-15(14)16/h3-4,11H,1,5-10H2,2H3. The van der Waals surface area contributed by atoms with Crippen molar-refractivity contribution < 1.29 is 0 Å². The van der Waals surface area contributed by atoms with Gasteiger partial charge < -0.3 is 0 Å². The van der Waals surface area contributed by atoms with Crippen LogP contribution in [0.1, 0.15) is 48.8 Å². The first-order valence-electron chi connectivity index (χ1n) is 6.46. The topological polar surface area (TPSA) is 0 Å². The van der Waals surface area contributed by atoms with Gasteiger partial charge in [0.05, 0.1) is 0 Å². The lowest BCUT2D eigenvalue weighted by atomic mass is 9.69. The number of hydrogen-bond donors (Lipinski definition) is 0. The van der Waals surface area contributed by atoms with Crippen LogP contribution in [-0.4, -0.2) is 0 Å². The summed E-state index contributed by atoms with van der Waals surface area (Å²) in [7, 11) is 0. The first-order chi connectivity index (χ1) is 7.70. The average molecular weight is 212 g/mol. The van der Waals surface area contributed by atoms with Crippen molar-refractivity contribution in [1.29, 1.82) is 0 Å². The third kappa shape index (κ3) is 1.43. The molecule has 0 aliphatic heterocycles. The second kappa shape index (κ2) is 3.48. The molecule has 0 radical (unpaired) electrons. The molecule has 0 unspecified atom stereocenters. The van der Waals surface area contributed by atoms with Gasteiger partial charge in [0, 0.05) is 0 Å². The van der Waals surface area contributed by atoms with E-state index in [1.54, 1.807) is 11.1 Å². The van der Waals surface area contributed by atoms with Crippen molar-refractivity contribution in [1.82, 2.24) is 0 Å². The maximum Gasteiger partial charge on any atom is -0.00350 e. The average Bonchev–Trinajstić information content (AvgIpc) is 2.62. The van der Waals surface area contributed by atoms with Gasteiger partial charge in [-0.2, -0.15) is 0 Å². The maximum atomic E-state index is 4.14. The summed E-state index contributed by atoms with van der Waals surface area (Å²) in [5, 5.41) is 0. The van der Waals surface area contributed by atoms with Crippen molar-refractivity contribution in [3.05, 3.63) is 47.0 Å². The first kappa shape index (κ1) is 10.1. The molecule has 0 amide bonds. The Morgan fingerprint density at radius 2 is 1.75 bits per heavy atom. The Labute approximate surface area is 98.4 Å². The molecule has 2 aliphatic rings. The van der Waals surface area contributed by atoms with E-state index in [2.05, 4.69) is 31.7 Å². The smallest absolute Gasteiger partial charge is 0.00350 e. The number of fused-ring (bicyclic) bond motifs is 2. The minimum Gasteiger partial charge on any atom is -0.0999 e. The number of rotatable bonds is 0. The molecule has 0 saturated heterocycles. The largest absolute Gasteiger partial charge is 0.0999 e. The van der Waals surface area contributed by atoms with E-state index >= 15 is 0 Å². The van der Waals surface area contributed by atoms with Crippen molar-refractivity contribution in [2.24, 2.45) is 0 Å². The van der Waals surface area contributed by atoms with Gasteiger partial charge in [-0.05, 0) is 62.0 Å². The molecular formula is C16H20. The predicted molar refractivity (Wildman–Crippen MR) is 68.8 cm³/mol. The van der Waals surface area contributed by atoms with E-state index in [-0.39, 0.29) is 0 Å². The summed E-state index contributed by atoms with van der Waals surface area (Å²) in [5.74, 6) is 0. The van der Waals surface area contributed by atoms with Crippen LogP contribution >= 0.6 is 0 Å². The van der Waals surface area contributed by atoms with E-state index < -0.39 is 0 Å². The Morgan fingerprint density at radius 3 is 2.50 bits per heavy atom. The zero-order valence-electron chi connectivity index (χ0n) is 10.2. The summed E-state index contributed by atoms with van der Waals surface area (Å²) >= 11 is 0. The fraction of sp³-hybridized carbons (Fsp3) is 0.500. The Morgan fingerprint density at radius 1 is 1.06 bits per heavy atom. The Hall–Kier alpha value is -1.04. The minimum atomic E-state index is 0.518. The lowest BCUT2D eigenvalue weighted by molar-refractivity contribution is 0.331. The Balaban J connectivity index is 1.99. The molecule has 1 fully saturated rings. The van der Waals surface area contributed by atoms with Gasteiger partial charge in [-0.15, -0.1) is 0 Å². The Kier molecular flexibility index (Phi) is 2.20. The van der Waals surface area contributed by atoms with E-state index in [0.29, 0.717) is 5.41 Å². The third-order valence-electron chi connectivity index (χ3n) is 4.62. The molecule has 84 valence electrons. The molecule has 0 nitrogen and oxygen atoms in total. The summed E-state index contributed by atoms with van der Waals surface area (Å²) < 4.78 is 0. The van der Waals surface area contributed by atoms with E-state index in [1.165, 1.54) is 49.7 Å². The van der Waals surface area contributed by atoms with E-state index in [9.17, 15) is 0 Å². The Bertz CT molecular complexity index is 429. The molecule has 16 heavy (non-hydrogen) atoms. The van der Waals surface area contributed by atoms with Crippen LogP contribution in [0.15, 0.2) is 30.4 Å². The second-order valence-electron chi connectivity index (χ2n) is 5.69. The van der Waals surface area contributed by atoms with Gasteiger partial charge in [0.15, 0.2) is 0 Å². The quantitative estimate of drug-likeness (QED) is 0.562. The molecule has 1 spiro atoms. The van der Waals surface area contributed by atoms with Crippen LogP contribution in [0.3, 0.4) is 0 Å². The van der Waals surface area contributed by atoms with E-state index in [4.69, 9.17) is 0 Å². The van der Waals surface area contributed by atoms with Crippen LogP contribution in [0.2, 0.25) is 0 Å². The molecule has 0 bridgehead atoms. The molecule has 3 rings (SSSR count). The summed E-state index contributed by atoms with van der Waals surface area (Å²) in [5.41, 5.74) is 6.67. The van der Waals surface area contributed by atoms with Crippen LogP contribution in [0, 0.1) is 6.92 Å². The minimum absolute atomic E-state index is 0.518. The maximum absolute atomic E-state index is 4.14. The fourth-order valence-electron chi connectivity index (χ4n) is 3.56. The van der Waals surface area contributed by atoms with Crippen molar-refractivity contribution in [2.45, 2.75) is 50.9 Å². The van der Waals surface area contributed by atoms with Gasteiger partial charge in [0.1, 0.15) is 0 Å². The molecule has 0 heteroatoms. The van der Waals surface area contributed by atoms with Crippen molar-refractivity contribution >= 4 is 0 Å². The summed E-state index contributed by atoms with van der Waals surface area (Å²) in [6.07, 6.45) is 7.83. The van der Waals surface area contributed by atoms with Crippen molar-refractivity contribution in [3.8, 4) is 0 Å². The van der Waals surface area contributed by atoms with Gasteiger partial charge >= 0.3 is 0 Å². The van der Waals surface area contributed by atoms with Crippen LogP contribution in [0.25, 0.3) is 0 Å². The third-order valence-corrected chi connectivity index (χ3v) is 4.62. The van der Waals surface area contributed by atoms with E-state index in [0.717, 1.165) is 0 Å². The van der Waals surface area contributed by atoms with Gasteiger partial charge in [-0.25, -0.2) is 0 Å². The lowest BCUT2D eigenvalue weighted by Gasteiger charge is -2.35. The number of hydrogen-bond acceptors (Lipinski definition) is 0. The molecular weight excluding hydrogens is 192 g/mol. The van der Waals surface area contributed by atoms with Crippen molar-refractivity contribution in [3.63, 3.8) is 0 Å². The van der Waals surface area contributed by atoms with Gasteiger partial charge in [0.2, 0.25) is 0 Å².